The van der Waals surface area contributed by atoms with Crippen LogP contribution in [0.5, 0.6) is 0 Å². The van der Waals surface area contributed by atoms with Gasteiger partial charge < -0.3 is 0 Å². The zero-order valence-electron chi connectivity index (χ0n) is 17.5. The number of allylic oxidation sites excluding steroid dienone is 2. The van der Waals surface area contributed by atoms with Gasteiger partial charge >= 0.3 is 0 Å². The van der Waals surface area contributed by atoms with Crippen molar-refractivity contribution in [3.8, 4) is 0 Å². The second-order valence-corrected chi connectivity index (χ2v) is 12.1. The Morgan fingerprint density at radius 3 is 2.26 bits per heavy atom. The van der Waals surface area contributed by atoms with E-state index in [9.17, 15) is 9.00 Å². The van der Waals surface area contributed by atoms with E-state index in [1.165, 1.54) is 0 Å². The fourth-order valence-electron chi connectivity index (χ4n) is 2.53. The lowest BCUT2D eigenvalue weighted by Gasteiger charge is -2.24. The largest absolute Gasteiger partial charge is 0.295 e. The average Bonchev–Trinajstić information content (AvgIpc) is 2.51. The fourth-order valence-corrected chi connectivity index (χ4v) is 3.66. The summed E-state index contributed by atoms with van der Waals surface area (Å²) in [7, 11) is -1.13. The van der Waals surface area contributed by atoms with Gasteiger partial charge in [0.05, 0.1) is 15.7 Å². The smallest absolute Gasteiger partial charge is 0.155 e. The molecular weight excluding hydrogens is 422 g/mol. The second-order valence-electron chi connectivity index (χ2n) is 9.14. The minimum atomic E-state index is -1.13. The third-order valence-electron chi connectivity index (χ3n) is 3.95. The van der Waals surface area contributed by atoms with Gasteiger partial charge in [0.15, 0.2) is 5.78 Å². The molecule has 0 aromatic heterocycles. The van der Waals surface area contributed by atoms with Gasteiger partial charge in [0.1, 0.15) is 0 Å². The van der Waals surface area contributed by atoms with Gasteiger partial charge in [-0.3, -0.25) is 4.79 Å². The zero-order valence-corrected chi connectivity index (χ0v) is 19.9. The van der Waals surface area contributed by atoms with Gasteiger partial charge in [-0.1, -0.05) is 54.9 Å². The highest BCUT2D eigenvalue weighted by Gasteiger charge is 2.23. The summed E-state index contributed by atoms with van der Waals surface area (Å²) in [6.07, 6.45) is 6.87. The quantitative estimate of drug-likeness (QED) is 0.351. The van der Waals surface area contributed by atoms with E-state index < -0.39 is 11.0 Å². The Bertz CT molecular complexity index is 654. The van der Waals surface area contributed by atoms with Crippen molar-refractivity contribution in [2.24, 2.45) is 5.41 Å². The normalized spacial score (nSPS) is 15.1. The number of carbonyl (C=O) groups excluding carboxylic acids is 1. The molecule has 0 radical (unpaired) electrons. The van der Waals surface area contributed by atoms with Crippen LogP contribution in [0.25, 0.3) is 0 Å². The number of nitrogens with one attached hydrogen (secondary N) is 1. The van der Waals surface area contributed by atoms with E-state index in [1.807, 2.05) is 39.0 Å². The lowest BCUT2D eigenvalue weighted by molar-refractivity contribution is -0.116. The van der Waals surface area contributed by atoms with Gasteiger partial charge in [-0.15, -0.1) is 0 Å². The summed E-state index contributed by atoms with van der Waals surface area (Å²) in [5.74, 6) is 0.180. The monoisotopic (exact) mass is 455 g/mol. The van der Waals surface area contributed by atoms with Crippen molar-refractivity contribution >= 4 is 32.7 Å². The lowest BCUT2D eigenvalue weighted by Crippen LogP contribution is -2.35. The fraction of sp³-hybridized carbons (Fsp3) is 0.591. The molecule has 0 aliphatic carbocycles. The molecule has 3 nitrogen and oxygen atoms in total. The van der Waals surface area contributed by atoms with Crippen LogP contribution in [-0.4, -0.2) is 14.7 Å². The first-order chi connectivity index (χ1) is 12.4. The molecule has 1 unspecified atom stereocenters. The molecule has 1 N–H and O–H groups in total. The van der Waals surface area contributed by atoms with Gasteiger partial charge in [0.2, 0.25) is 0 Å². The molecule has 0 saturated carbocycles. The molecule has 1 rings (SSSR count). The number of hydrogen-bond donors (Lipinski definition) is 1. The molecule has 0 bridgehead atoms. The molecular formula is C22H34BrNO2S. The summed E-state index contributed by atoms with van der Waals surface area (Å²) in [4.78, 5) is 11.9. The zero-order chi connectivity index (χ0) is 20.7. The Labute approximate surface area is 176 Å². The highest BCUT2D eigenvalue weighted by molar-refractivity contribution is 9.10. The summed E-state index contributed by atoms with van der Waals surface area (Å²) >= 11 is 3.46. The van der Waals surface area contributed by atoms with Crippen LogP contribution in [0.4, 0.5) is 0 Å². The van der Waals surface area contributed by atoms with Gasteiger partial charge in [0.25, 0.3) is 0 Å². The first-order valence-corrected chi connectivity index (χ1v) is 11.5. The summed E-state index contributed by atoms with van der Waals surface area (Å²) < 4.78 is 16.6. The van der Waals surface area contributed by atoms with Gasteiger partial charge in [-0.25, -0.2) is 8.93 Å². The lowest BCUT2D eigenvalue weighted by atomic mass is 9.90. The van der Waals surface area contributed by atoms with Crippen molar-refractivity contribution < 1.29 is 9.00 Å². The van der Waals surface area contributed by atoms with Crippen LogP contribution in [-0.2, 0) is 15.8 Å². The van der Waals surface area contributed by atoms with Crippen LogP contribution in [0.3, 0.4) is 0 Å². The molecule has 0 aliphatic heterocycles. The van der Waals surface area contributed by atoms with Crippen molar-refractivity contribution in [3.05, 3.63) is 46.5 Å². The molecule has 0 aliphatic rings. The van der Waals surface area contributed by atoms with Crippen molar-refractivity contribution in [1.82, 2.24) is 4.72 Å². The molecule has 0 amide bonds. The van der Waals surface area contributed by atoms with Gasteiger partial charge in [-0.05, 0) is 69.2 Å². The molecule has 0 saturated heterocycles. The highest BCUT2D eigenvalue weighted by Crippen LogP contribution is 2.24. The Balaban J connectivity index is 2.65. The number of benzene rings is 1. The Hall–Kier alpha value is -0.780. The van der Waals surface area contributed by atoms with Crippen LogP contribution in [0.15, 0.2) is 40.9 Å². The number of hydrogen-bond acceptors (Lipinski definition) is 2. The van der Waals surface area contributed by atoms with Crippen LogP contribution >= 0.6 is 15.9 Å². The second kappa shape index (κ2) is 10.7. The van der Waals surface area contributed by atoms with Gasteiger partial charge in [-0.2, -0.15) is 0 Å². The van der Waals surface area contributed by atoms with E-state index in [-0.39, 0.29) is 22.0 Å². The molecule has 0 heterocycles. The van der Waals surface area contributed by atoms with E-state index in [1.54, 1.807) is 6.08 Å². The Kier molecular flexibility index (Phi) is 9.59. The van der Waals surface area contributed by atoms with E-state index in [0.29, 0.717) is 6.42 Å². The van der Waals surface area contributed by atoms with Crippen LogP contribution in [0, 0.1) is 5.41 Å². The molecule has 0 spiro atoms. The van der Waals surface area contributed by atoms with Crippen molar-refractivity contribution in [1.29, 1.82) is 0 Å². The Morgan fingerprint density at radius 1 is 1.15 bits per heavy atom. The van der Waals surface area contributed by atoms with Gasteiger partial charge in [0, 0.05) is 16.9 Å². The van der Waals surface area contributed by atoms with Crippen LogP contribution < -0.4 is 4.72 Å². The maximum absolute atomic E-state index is 12.6. The maximum atomic E-state index is 12.6. The highest BCUT2D eigenvalue weighted by atomic mass is 79.9. The number of ketones is 1. The third kappa shape index (κ3) is 10.4. The minimum Gasteiger partial charge on any atom is -0.295 e. The molecule has 5 heteroatoms. The van der Waals surface area contributed by atoms with Crippen molar-refractivity contribution in [3.63, 3.8) is 0 Å². The first kappa shape index (κ1) is 24.3. The topological polar surface area (TPSA) is 46.2 Å². The summed E-state index contributed by atoms with van der Waals surface area (Å²) in [5, 5.41) is 0. The Morgan fingerprint density at radius 2 is 1.74 bits per heavy atom. The van der Waals surface area contributed by atoms with Crippen LogP contribution in [0.2, 0.25) is 0 Å². The van der Waals surface area contributed by atoms with E-state index in [2.05, 4.69) is 53.6 Å². The molecule has 27 heavy (non-hydrogen) atoms. The molecule has 1 aromatic carbocycles. The summed E-state index contributed by atoms with van der Waals surface area (Å²) in [6, 6.07) is 8.16. The summed E-state index contributed by atoms with van der Waals surface area (Å²) in [6.45, 7) is 12.1. The molecule has 0 fully saturated rings. The predicted molar refractivity (Wildman–Crippen MR) is 120 cm³/mol. The van der Waals surface area contributed by atoms with E-state index >= 15 is 0 Å². The third-order valence-corrected chi connectivity index (χ3v) is 6.09. The van der Waals surface area contributed by atoms with Crippen molar-refractivity contribution in [2.75, 3.05) is 0 Å². The molecule has 152 valence electrons. The summed E-state index contributed by atoms with van der Waals surface area (Å²) in [5.41, 5.74) is 1.15. The first-order valence-electron chi connectivity index (χ1n) is 9.51. The SMILES string of the molecule is CC(C)(C)CC(=O)/C=C/CCC[C@H](NS(=O)C(C)(C)C)c1ccc(Br)cc1. The molecule has 2 atom stereocenters. The van der Waals surface area contributed by atoms with Crippen LogP contribution in [0.1, 0.15) is 78.8 Å². The number of halogens is 1. The number of unbranched alkanes of at least 4 members (excludes halogenated alkanes) is 1. The maximum Gasteiger partial charge on any atom is 0.155 e. The van der Waals surface area contributed by atoms with E-state index in [4.69, 9.17) is 0 Å². The molecule has 1 aromatic rings. The number of rotatable bonds is 9. The number of carbonyl (C=O) groups is 1. The van der Waals surface area contributed by atoms with Crippen molar-refractivity contribution in [2.45, 2.75) is 78.0 Å². The predicted octanol–water partition coefficient (Wildman–Crippen LogP) is 6.27. The average molecular weight is 456 g/mol. The standard InChI is InChI=1S/C22H34BrNO2S/c1-21(2,3)16-19(25)10-8-7-9-11-20(24-27(26)22(4,5)6)17-12-14-18(23)15-13-17/h8,10,12-15,20,24H,7,9,11,16H2,1-6H3/b10-8+/t20-,27?/m0/s1. The minimum absolute atomic E-state index is 0.0229. The van der Waals surface area contributed by atoms with E-state index in [0.717, 1.165) is 29.3 Å².